The molecule has 1 aromatic carbocycles. The predicted octanol–water partition coefficient (Wildman–Crippen LogP) is 2.90. The molecule has 3 rings (SSSR count). The van der Waals surface area contributed by atoms with Gasteiger partial charge < -0.3 is 14.5 Å². The maximum atomic E-state index is 11.9. The number of hydrogen-bond acceptors (Lipinski definition) is 4. The second-order valence-corrected chi connectivity index (χ2v) is 5.45. The van der Waals surface area contributed by atoms with Crippen molar-refractivity contribution in [2.45, 2.75) is 19.6 Å². The van der Waals surface area contributed by atoms with Crippen LogP contribution in [0.2, 0.25) is 0 Å². The molecule has 2 aromatic rings. The standard InChI is InChI=1S/C17H15NO4/c1-17(2)21-15(19)14(16(20)22-17)9-13-8-12(10-18-13)11-6-4-3-5-7-11/h3-10,18H,1-2H3. The van der Waals surface area contributed by atoms with Gasteiger partial charge in [-0.25, -0.2) is 9.59 Å². The van der Waals surface area contributed by atoms with E-state index >= 15 is 0 Å². The molecule has 1 aliphatic rings. The SMILES string of the molecule is CC1(C)OC(=O)C(=Cc2cc(-c3ccccc3)c[nH]2)C(=O)O1. The van der Waals surface area contributed by atoms with Gasteiger partial charge in [-0.15, -0.1) is 0 Å². The summed E-state index contributed by atoms with van der Waals surface area (Å²) in [6, 6.07) is 11.6. The number of aromatic nitrogens is 1. The molecule has 1 aromatic heterocycles. The number of carbonyl (C=O) groups excluding carboxylic acids is 2. The first-order chi connectivity index (χ1) is 10.4. The predicted molar refractivity (Wildman–Crippen MR) is 80.5 cm³/mol. The van der Waals surface area contributed by atoms with Crippen LogP contribution in [0, 0.1) is 0 Å². The summed E-state index contributed by atoms with van der Waals surface area (Å²) in [6.45, 7) is 3.03. The summed E-state index contributed by atoms with van der Waals surface area (Å²) in [6.07, 6.45) is 3.25. The van der Waals surface area contributed by atoms with Gasteiger partial charge in [0, 0.05) is 25.7 Å². The summed E-state index contributed by atoms with van der Waals surface area (Å²) in [4.78, 5) is 26.8. The van der Waals surface area contributed by atoms with E-state index in [1.54, 1.807) is 0 Å². The number of H-pyrrole nitrogens is 1. The Labute approximate surface area is 127 Å². The molecule has 0 unspecified atom stereocenters. The molecule has 1 fully saturated rings. The van der Waals surface area contributed by atoms with Crippen molar-refractivity contribution in [3.8, 4) is 11.1 Å². The van der Waals surface area contributed by atoms with Gasteiger partial charge in [-0.1, -0.05) is 30.3 Å². The highest BCUT2D eigenvalue weighted by atomic mass is 16.7. The topological polar surface area (TPSA) is 68.4 Å². The molecule has 0 aliphatic carbocycles. The molecule has 0 bridgehead atoms. The minimum absolute atomic E-state index is 0.124. The molecule has 5 nitrogen and oxygen atoms in total. The van der Waals surface area contributed by atoms with E-state index in [-0.39, 0.29) is 5.57 Å². The van der Waals surface area contributed by atoms with Crippen molar-refractivity contribution in [1.29, 1.82) is 0 Å². The van der Waals surface area contributed by atoms with E-state index in [4.69, 9.17) is 9.47 Å². The van der Waals surface area contributed by atoms with Crippen molar-refractivity contribution in [2.24, 2.45) is 0 Å². The van der Waals surface area contributed by atoms with Crippen molar-refractivity contribution in [3.63, 3.8) is 0 Å². The molecule has 0 saturated carbocycles. The smallest absolute Gasteiger partial charge is 0.348 e. The number of benzene rings is 1. The quantitative estimate of drug-likeness (QED) is 0.526. The Kier molecular flexibility index (Phi) is 3.33. The summed E-state index contributed by atoms with van der Waals surface area (Å²) in [7, 11) is 0. The highest BCUT2D eigenvalue weighted by Crippen LogP contribution is 2.25. The molecular formula is C17H15NO4. The fraction of sp³-hybridized carbons (Fsp3) is 0.176. The zero-order valence-corrected chi connectivity index (χ0v) is 12.3. The molecule has 0 amide bonds. The van der Waals surface area contributed by atoms with Crippen molar-refractivity contribution in [2.75, 3.05) is 0 Å². The van der Waals surface area contributed by atoms with Crippen LogP contribution in [0.4, 0.5) is 0 Å². The number of aromatic amines is 1. The van der Waals surface area contributed by atoms with Gasteiger partial charge >= 0.3 is 11.9 Å². The van der Waals surface area contributed by atoms with Gasteiger partial charge in [-0.3, -0.25) is 0 Å². The van der Waals surface area contributed by atoms with Gasteiger partial charge in [0.2, 0.25) is 0 Å². The number of hydrogen-bond donors (Lipinski definition) is 1. The van der Waals surface area contributed by atoms with Crippen LogP contribution < -0.4 is 0 Å². The Hall–Kier alpha value is -2.82. The zero-order chi connectivity index (χ0) is 15.7. The molecule has 22 heavy (non-hydrogen) atoms. The Morgan fingerprint density at radius 3 is 2.27 bits per heavy atom. The monoisotopic (exact) mass is 297 g/mol. The highest BCUT2D eigenvalue weighted by molar-refractivity contribution is 6.18. The van der Waals surface area contributed by atoms with E-state index < -0.39 is 17.7 Å². The van der Waals surface area contributed by atoms with Crippen LogP contribution in [0.15, 0.2) is 48.2 Å². The molecule has 2 heterocycles. The van der Waals surface area contributed by atoms with Crippen molar-refractivity contribution in [3.05, 3.63) is 53.9 Å². The molecule has 1 saturated heterocycles. The molecular weight excluding hydrogens is 282 g/mol. The van der Waals surface area contributed by atoms with Gasteiger partial charge in [0.05, 0.1) is 0 Å². The van der Waals surface area contributed by atoms with Crippen molar-refractivity contribution < 1.29 is 19.1 Å². The van der Waals surface area contributed by atoms with E-state index in [0.717, 1.165) is 11.1 Å². The average molecular weight is 297 g/mol. The van der Waals surface area contributed by atoms with Crippen LogP contribution >= 0.6 is 0 Å². The zero-order valence-electron chi connectivity index (χ0n) is 12.3. The van der Waals surface area contributed by atoms with Crippen LogP contribution in [-0.2, 0) is 19.1 Å². The third-order valence-corrected chi connectivity index (χ3v) is 3.23. The largest absolute Gasteiger partial charge is 0.419 e. The minimum Gasteiger partial charge on any atom is -0.419 e. The highest BCUT2D eigenvalue weighted by Gasteiger charge is 2.38. The fourth-order valence-electron chi connectivity index (χ4n) is 2.23. The number of nitrogens with one attached hydrogen (secondary N) is 1. The van der Waals surface area contributed by atoms with Gasteiger partial charge in [0.15, 0.2) is 0 Å². The second kappa shape index (κ2) is 5.18. The maximum absolute atomic E-state index is 11.9. The number of esters is 2. The lowest BCUT2D eigenvalue weighted by molar-refractivity contribution is -0.222. The molecule has 1 aliphatic heterocycles. The lowest BCUT2D eigenvalue weighted by atomic mass is 10.1. The van der Waals surface area contributed by atoms with Gasteiger partial charge in [0.1, 0.15) is 5.57 Å². The first-order valence-corrected chi connectivity index (χ1v) is 6.87. The van der Waals surface area contributed by atoms with Crippen LogP contribution in [0.5, 0.6) is 0 Å². The van der Waals surface area contributed by atoms with E-state index in [0.29, 0.717) is 5.69 Å². The van der Waals surface area contributed by atoms with Crippen molar-refractivity contribution in [1.82, 2.24) is 4.98 Å². The Balaban J connectivity index is 1.88. The van der Waals surface area contributed by atoms with Gasteiger partial charge in [-0.05, 0) is 23.3 Å². The van der Waals surface area contributed by atoms with E-state index in [9.17, 15) is 9.59 Å². The Morgan fingerprint density at radius 2 is 1.64 bits per heavy atom. The first kappa shape index (κ1) is 14.1. The Bertz CT molecular complexity index is 734. The maximum Gasteiger partial charge on any atom is 0.348 e. The summed E-state index contributed by atoms with van der Waals surface area (Å²) in [5, 5.41) is 0. The third-order valence-electron chi connectivity index (χ3n) is 3.23. The molecule has 0 spiro atoms. The number of carbonyl (C=O) groups is 2. The average Bonchev–Trinajstić information content (AvgIpc) is 2.91. The lowest BCUT2D eigenvalue weighted by Gasteiger charge is -2.29. The van der Waals surface area contributed by atoms with Crippen molar-refractivity contribution >= 4 is 18.0 Å². The second-order valence-electron chi connectivity index (χ2n) is 5.45. The normalized spacial score (nSPS) is 16.9. The number of ether oxygens (including phenoxy) is 2. The van der Waals surface area contributed by atoms with Crippen LogP contribution in [-0.4, -0.2) is 22.7 Å². The van der Waals surface area contributed by atoms with Crippen LogP contribution in [0.25, 0.3) is 17.2 Å². The fourth-order valence-corrected chi connectivity index (χ4v) is 2.23. The van der Waals surface area contributed by atoms with E-state index in [2.05, 4.69) is 4.98 Å². The third kappa shape index (κ3) is 2.79. The first-order valence-electron chi connectivity index (χ1n) is 6.87. The Morgan fingerprint density at radius 1 is 1.00 bits per heavy atom. The lowest BCUT2D eigenvalue weighted by Crippen LogP contribution is -2.41. The van der Waals surface area contributed by atoms with Gasteiger partial charge in [-0.2, -0.15) is 0 Å². The van der Waals surface area contributed by atoms with Crippen LogP contribution in [0.1, 0.15) is 19.5 Å². The number of rotatable bonds is 2. The number of cyclic esters (lactones) is 2. The van der Waals surface area contributed by atoms with E-state index in [1.165, 1.54) is 19.9 Å². The molecule has 0 radical (unpaired) electrons. The van der Waals surface area contributed by atoms with Gasteiger partial charge in [0.25, 0.3) is 5.79 Å². The molecule has 112 valence electrons. The molecule has 1 N–H and O–H groups in total. The van der Waals surface area contributed by atoms with E-state index in [1.807, 2.05) is 42.6 Å². The molecule has 0 atom stereocenters. The summed E-state index contributed by atoms with van der Waals surface area (Å²) in [5.74, 6) is -2.59. The molecule has 5 heteroatoms. The summed E-state index contributed by atoms with van der Waals surface area (Å²) >= 11 is 0. The summed E-state index contributed by atoms with van der Waals surface area (Å²) < 4.78 is 10.1. The minimum atomic E-state index is -1.23. The van der Waals surface area contributed by atoms with Crippen LogP contribution in [0.3, 0.4) is 0 Å². The summed E-state index contributed by atoms with van der Waals surface area (Å²) in [5.41, 5.74) is 2.51.